The molecule has 1 saturated carbocycles. The predicted octanol–water partition coefficient (Wildman–Crippen LogP) is 2.55. The van der Waals surface area contributed by atoms with E-state index in [1.54, 1.807) is 24.3 Å². The van der Waals surface area contributed by atoms with Crippen LogP contribution in [0.2, 0.25) is 0 Å². The molecule has 8 nitrogen and oxygen atoms in total. The van der Waals surface area contributed by atoms with Gasteiger partial charge in [0.25, 0.3) is 11.8 Å². The van der Waals surface area contributed by atoms with Crippen LogP contribution in [0.15, 0.2) is 53.4 Å². The number of amides is 2. The molecule has 2 aromatic carbocycles. The molecule has 1 fully saturated rings. The van der Waals surface area contributed by atoms with E-state index in [0.29, 0.717) is 24.2 Å². The van der Waals surface area contributed by atoms with E-state index >= 15 is 0 Å². The molecule has 0 atom stereocenters. The minimum Gasteiger partial charge on any atom is -0.452 e. The Morgan fingerprint density at radius 1 is 1.10 bits per heavy atom. The van der Waals surface area contributed by atoms with Gasteiger partial charge in [-0.25, -0.2) is 13.2 Å². The number of fused-ring (bicyclic) bond motifs is 1. The van der Waals surface area contributed by atoms with E-state index in [0.717, 1.165) is 19.1 Å². The summed E-state index contributed by atoms with van der Waals surface area (Å²) in [4.78, 5) is 40.0. The lowest BCUT2D eigenvalue weighted by Crippen LogP contribution is -2.61. The fraction of sp³-hybridized carbons (Fsp3) is 0.318. The summed E-state index contributed by atoms with van der Waals surface area (Å²) in [5, 5.41) is 2.89. The first-order valence-electron chi connectivity index (χ1n) is 9.93. The lowest BCUT2D eigenvalue weighted by molar-refractivity contribution is -0.129. The van der Waals surface area contributed by atoms with Gasteiger partial charge in [0.1, 0.15) is 5.54 Å². The molecule has 2 amide bonds. The number of carbonyl (C=O) groups is 3. The second kappa shape index (κ2) is 7.81. The summed E-state index contributed by atoms with van der Waals surface area (Å²) in [5.41, 5.74) is 0.145. The topological polar surface area (TPSA) is 110 Å². The zero-order valence-electron chi connectivity index (χ0n) is 17.0. The SMILES string of the molecule is CS(=O)(=O)c1cccc(C(=O)OCC(=O)N2c3ccccc3NC(=O)C23CCCC3)c1. The number of carbonyl (C=O) groups excluding carboxylic acids is 3. The Balaban J connectivity index is 1.57. The first-order valence-corrected chi connectivity index (χ1v) is 11.8. The average Bonchev–Trinajstić information content (AvgIpc) is 3.22. The normalized spacial score (nSPS) is 17.2. The van der Waals surface area contributed by atoms with Crippen molar-refractivity contribution in [2.75, 3.05) is 23.1 Å². The van der Waals surface area contributed by atoms with Gasteiger partial charge < -0.3 is 10.1 Å². The van der Waals surface area contributed by atoms with Crippen LogP contribution in [0, 0.1) is 0 Å². The zero-order valence-corrected chi connectivity index (χ0v) is 17.8. The molecule has 1 aliphatic carbocycles. The molecule has 2 aliphatic rings. The number of hydrogen-bond donors (Lipinski definition) is 1. The first-order chi connectivity index (χ1) is 14.7. The Bertz CT molecular complexity index is 1170. The molecule has 0 saturated heterocycles. The maximum absolute atomic E-state index is 13.2. The Morgan fingerprint density at radius 3 is 2.52 bits per heavy atom. The molecule has 162 valence electrons. The highest BCUT2D eigenvalue weighted by atomic mass is 32.2. The Kier molecular flexibility index (Phi) is 5.30. The van der Waals surface area contributed by atoms with Crippen molar-refractivity contribution >= 4 is 39.0 Å². The second-order valence-electron chi connectivity index (χ2n) is 7.82. The molecule has 1 aliphatic heterocycles. The third kappa shape index (κ3) is 3.81. The van der Waals surface area contributed by atoms with Crippen LogP contribution in [0.3, 0.4) is 0 Å². The van der Waals surface area contributed by atoms with E-state index in [4.69, 9.17) is 4.74 Å². The maximum Gasteiger partial charge on any atom is 0.338 e. The van der Waals surface area contributed by atoms with Crippen LogP contribution in [0.25, 0.3) is 0 Å². The van der Waals surface area contributed by atoms with Crippen LogP contribution in [-0.4, -0.2) is 44.6 Å². The monoisotopic (exact) mass is 442 g/mol. The van der Waals surface area contributed by atoms with Crippen molar-refractivity contribution < 1.29 is 27.5 Å². The zero-order chi connectivity index (χ0) is 22.2. The van der Waals surface area contributed by atoms with Gasteiger partial charge in [-0.3, -0.25) is 14.5 Å². The number of sulfone groups is 1. The van der Waals surface area contributed by atoms with Crippen molar-refractivity contribution in [1.82, 2.24) is 0 Å². The molecule has 0 aromatic heterocycles. The highest BCUT2D eigenvalue weighted by Gasteiger charge is 2.52. The minimum atomic E-state index is -3.49. The number of ether oxygens (including phenoxy) is 1. The van der Waals surface area contributed by atoms with E-state index in [1.165, 1.54) is 29.2 Å². The van der Waals surface area contributed by atoms with E-state index < -0.39 is 33.9 Å². The van der Waals surface area contributed by atoms with Gasteiger partial charge in [0, 0.05) is 6.26 Å². The molecule has 2 aromatic rings. The first kappa shape index (κ1) is 21.0. The van der Waals surface area contributed by atoms with Crippen molar-refractivity contribution in [3.05, 3.63) is 54.1 Å². The van der Waals surface area contributed by atoms with Crippen molar-refractivity contribution in [2.45, 2.75) is 36.1 Å². The summed E-state index contributed by atoms with van der Waals surface area (Å²) in [6.07, 6.45) is 3.74. The van der Waals surface area contributed by atoms with E-state index in [9.17, 15) is 22.8 Å². The van der Waals surface area contributed by atoms with E-state index in [-0.39, 0.29) is 16.4 Å². The van der Waals surface area contributed by atoms with Crippen molar-refractivity contribution in [2.24, 2.45) is 0 Å². The van der Waals surface area contributed by atoms with Gasteiger partial charge in [0.2, 0.25) is 0 Å². The molecule has 1 N–H and O–H groups in total. The van der Waals surface area contributed by atoms with Crippen molar-refractivity contribution in [3.8, 4) is 0 Å². The summed E-state index contributed by atoms with van der Waals surface area (Å²) >= 11 is 0. The highest BCUT2D eigenvalue weighted by Crippen LogP contribution is 2.45. The van der Waals surface area contributed by atoms with Gasteiger partial charge in [-0.05, 0) is 43.2 Å². The summed E-state index contributed by atoms with van der Waals surface area (Å²) < 4.78 is 28.6. The van der Waals surface area contributed by atoms with Gasteiger partial charge in [-0.2, -0.15) is 0 Å². The van der Waals surface area contributed by atoms with Crippen LogP contribution in [0.1, 0.15) is 36.0 Å². The Labute approximate surface area is 180 Å². The molecule has 0 bridgehead atoms. The fourth-order valence-electron chi connectivity index (χ4n) is 4.26. The quantitative estimate of drug-likeness (QED) is 0.729. The second-order valence-corrected chi connectivity index (χ2v) is 9.83. The highest BCUT2D eigenvalue weighted by molar-refractivity contribution is 7.90. The minimum absolute atomic E-state index is 0.0141. The number of anilines is 2. The van der Waals surface area contributed by atoms with Crippen LogP contribution in [-0.2, 0) is 24.2 Å². The number of benzene rings is 2. The summed E-state index contributed by atoms with van der Waals surface area (Å²) in [7, 11) is -3.49. The molecule has 9 heteroatoms. The number of esters is 1. The van der Waals surface area contributed by atoms with Crippen LogP contribution in [0.5, 0.6) is 0 Å². The van der Waals surface area contributed by atoms with Gasteiger partial charge >= 0.3 is 5.97 Å². The molecule has 1 spiro atoms. The van der Waals surface area contributed by atoms with Crippen LogP contribution >= 0.6 is 0 Å². The van der Waals surface area contributed by atoms with Crippen molar-refractivity contribution in [3.63, 3.8) is 0 Å². The predicted molar refractivity (Wildman–Crippen MR) is 114 cm³/mol. The molecule has 0 radical (unpaired) electrons. The number of nitrogens with zero attached hydrogens (tertiary/aromatic N) is 1. The van der Waals surface area contributed by atoms with Crippen molar-refractivity contribution in [1.29, 1.82) is 0 Å². The van der Waals surface area contributed by atoms with Crippen LogP contribution in [0.4, 0.5) is 11.4 Å². The van der Waals surface area contributed by atoms with Gasteiger partial charge in [-0.15, -0.1) is 0 Å². The van der Waals surface area contributed by atoms with Crippen LogP contribution < -0.4 is 10.2 Å². The summed E-state index contributed by atoms with van der Waals surface area (Å²) in [6.45, 7) is -0.564. The Morgan fingerprint density at radius 2 is 1.81 bits per heavy atom. The van der Waals surface area contributed by atoms with E-state index in [1.807, 2.05) is 0 Å². The number of nitrogens with one attached hydrogen (secondary N) is 1. The lowest BCUT2D eigenvalue weighted by Gasteiger charge is -2.44. The smallest absolute Gasteiger partial charge is 0.338 e. The number of hydrogen-bond acceptors (Lipinski definition) is 6. The molecule has 4 rings (SSSR count). The lowest BCUT2D eigenvalue weighted by atomic mass is 9.90. The number of para-hydroxylation sites is 2. The van der Waals surface area contributed by atoms with E-state index in [2.05, 4.69) is 5.32 Å². The standard InChI is InChI=1S/C22H22N2O6S/c1-31(28,29)16-8-6-7-15(13-16)20(26)30-14-19(25)24-18-10-3-2-9-17(18)23-21(27)22(24)11-4-5-12-22/h2-3,6-10,13H,4-5,11-12,14H2,1H3,(H,23,27). The average molecular weight is 442 g/mol. The molecule has 0 unspecified atom stereocenters. The molecular formula is C22H22N2O6S. The molecule has 31 heavy (non-hydrogen) atoms. The summed E-state index contributed by atoms with van der Waals surface area (Å²) in [6, 6.07) is 12.5. The third-order valence-electron chi connectivity index (χ3n) is 5.75. The number of rotatable bonds is 4. The third-order valence-corrected chi connectivity index (χ3v) is 6.86. The Hall–Kier alpha value is -3.20. The van der Waals surface area contributed by atoms with Gasteiger partial charge in [0.15, 0.2) is 16.4 Å². The van der Waals surface area contributed by atoms with Gasteiger partial charge in [-0.1, -0.05) is 31.0 Å². The molecule has 1 heterocycles. The largest absolute Gasteiger partial charge is 0.452 e. The molecular weight excluding hydrogens is 420 g/mol. The van der Waals surface area contributed by atoms with Gasteiger partial charge in [0.05, 0.1) is 21.8 Å². The maximum atomic E-state index is 13.2. The summed E-state index contributed by atoms with van der Waals surface area (Å²) in [5.74, 6) is -1.55. The fourth-order valence-corrected chi connectivity index (χ4v) is 4.92.